The van der Waals surface area contributed by atoms with Crippen molar-refractivity contribution in [1.82, 2.24) is 4.90 Å². The summed E-state index contributed by atoms with van der Waals surface area (Å²) in [6.07, 6.45) is 11.7. The van der Waals surface area contributed by atoms with Crippen molar-refractivity contribution in [3.8, 4) is 0 Å². The van der Waals surface area contributed by atoms with Gasteiger partial charge in [0.15, 0.2) is 0 Å². The summed E-state index contributed by atoms with van der Waals surface area (Å²) >= 11 is 0. The van der Waals surface area contributed by atoms with Crippen molar-refractivity contribution in [3.05, 3.63) is 0 Å². The van der Waals surface area contributed by atoms with Crippen LogP contribution >= 0.6 is 0 Å². The van der Waals surface area contributed by atoms with Crippen LogP contribution in [0.5, 0.6) is 0 Å². The van der Waals surface area contributed by atoms with Crippen LogP contribution in [-0.4, -0.2) is 24.5 Å². The maximum atomic E-state index is 2.75. The van der Waals surface area contributed by atoms with E-state index in [1.165, 1.54) is 71.0 Å². The molecule has 0 bridgehead atoms. The molecule has 0 aromatic heterocycles. The molecule has 1 saturated carbocycles. The van der Waals surface area contributed by atoms with E-state index in [1.807, 2.05) is 0 Å². The minimum atomic E-state index is 1.07. The Balaban J connectivity index is 1.63. The van der Waals surface area contributed by atoms with E-state index >= 15 is 0 Å². The molecule has 0 aromatic rings. The van der Waals surface area contributed by atoms with Crippen LogP contribution in [-0.2, 0) is 0 Å². The van der Waals surface area contributed by atoms with Crippen LogP contribution in [0.2, 0.25) is 0 Å². The van der Waals surface area contributed by atoms with Gasteiger partial charge in [-0.15, -0.1) is 0 Å². The lowest BCUT2D eigenvalue weighted by molar-refractivity contribution is 0.299. The molecule has 2 fully saturated rings. The Labute approximate surface area is 95.2 Å². The van der Waals surface area contributed by atoms with Crippen molar-refractivity contribution in [3.63, 3.8) is 0 Å². The summed E-state index contributed by atoms with van der Waals surface area (Å²) in [7, 11) is 0. The first kappa shape index (κ1) is 11.4. The largest absolute Gasteiger partial charge is 0.303 e. The molecule has 2 aliphatic rings. The predicted octanol–water partition coefficient (Wildman–Crippen LogP) is 3.69. The summed E-state index contributed by atoms with van der Waals surface area (Å²) in [5.41, 5.74) is 0. The van der Waals surface area contributed by atoms with E-state index in [9.17, 15) is 0 Å². The minimum absolute atomic E-state index is 1.07. The molecule has 15 heavy (non-hydrogen) atoms. The summed E-state index contributed by atoms with van der Waals surface area (Å²) in [5, 5.41) is 0. The number of likely N-dealkylation sites (tertiary alicyclic amines) is 1. The molecule has 0 amide bonds. The van der Waals surface area contributed by atoms with E-state index in [2.05, 4.69) is 11.8 Å². The van der Waals surface area contributed by atoms with E-state index < -0.39 is 0 Å². The number of hydrogen-bond acceptors (Lipinski definition) is 1. The molecule has 2 rings (SSSR count). The van der Waals surface area contributed by atoms with Gasteiger partial charge in [0.05, 0.1) is 0 Å². The van der Waals surface area contributed by atoms with Crippen LogP contribution in [0.1, 0.15) is 58.3 Å². The lowest BCUT2D eigenvalue weighted by atomic mass is 9.82. The Morgan fingerprint density at radius 1 is 0.933 bits per heavy atom. The van der Waals surface area contributed by atoms with Crippen molar-refractivity contribution in [2.75, 3.05) is 19.6 Å². The number of unbranched alkanes of at least 4 members (excludes halogenated alkanes) is 3. The number of fused-ring (bicyclic) bond motifs is 1. The third kappa shape index (κ3) is 3.21. The third-order valence-electron chi connectivity index (χ3n) is 4.38. The van der Waals surface area contributed by atoms with Crippen LogP contribution in [0.25, 0.3) is 0 Å². The van der Waals surface area contributed by atoms with Gasteiger partial charge in [-0.25, -0.2) is 0 Å². The van der Waals surface area contributed by atoms with Crippen molar-refractivity contribution < 1.29 is 0 Å². The first-order valence-corrected chi connectivity index (χ1v) is 7.12. The highest BCUT2D eigenvalue weighted by Gasteiger charge is 2.33. The van der Waals surface area contributed by atoms with Gasteiger partial charge in [-0.1, -0.05) is 39.0 Å². The van der Waals surface area contributed by atoms with E-state index in [0.717, 1.165) is 11.8 Å². The van der Waals surface area contributed by atoms with Crippen LogP contribution < -0.4 is 0 Å². The first-order chi connectivity index (χ1) is 7.40. The molecule has 1 aliphatic carbocycles. The second kappa shape index (κ2) is 5.89. The van der Waals surface area contributed by atoms with Crippen LogP contribution in [0.4, 0.5) is 0 Å². The molecule has 1 heteroatoms. The highest BCUT2D eigenvalue weighted by molar-refractivity contribution is 4.86. The smallest absolute Gasteiger partial charge is 0.00129 e. The lowest BCUT2D eigenvalue weighted by Crippen LogP contribution is -2.22. The van der Waals surface area contributed by atoms with E-state index in [-0.39, 0.29) is 0 Å². The quantitative estimate of drug-likeness (QED) is 0.624. The standard InChI is InChI=1S/C14H27N/c1-2-3-4-7-10-15-11-13-8-5-6-9-14(13)12-15/h13-14H,2-12H2,1H3/t13-,14+. The molecular weight excluding hydrogens is 182 g/mol. The van der Waals surface area contributed by atoms with Gasteiger partial charge in [0.25, 0.3) is 0 Å². The minimum Gasteiger partial charge on any atom is -0.303 e. The summed E-state index contributed by atoms with van der Waals surface area (Å²) in [6.45, 7) is 6.53. The molecule has 1 saturated heterocycles. The normalized spacial score (nSPS) is 31.8. The summed E-state index contributed by atoms with van der Waals surface area (Å²) < 4.78 is 0. The fraction of sp³-hybridized carbons (Fsp3) is 1.00. The van der Waals surface area contributed by atoms with Gasteiger partial charge in [0, 0.05) is 13.1 Å². The number of hydrogen-bond donors (Lipinski definition) is 0. The van der Waals surface area contributed by atoms with Crippen LogP contribution in [0.3, 0.4) is 0 Å². The Bertz CT molecular complexity index is 164. The fourth-order valence-electron chi connectivity index (χ4n) is 3.45. The zero-order valence-electron chi connectivity index (χ0n) is 10.4. The van der Waals surface area contributed by atoms with Crippen LogP contribution in [0.15, 0.2) is 0 Å². The molecule has 2 atom stereocenters. The molecule has 0 N–H and O–H groups in total. The zero-order chi connectivity index (χ0) is 10.5. The third-order valence-corrected chi connectivity index (χ3v) is 4.38. The number of rotatable bonds is 5. The van der Waals surface area contributed by atoms with Gasteiger partial charge >= 0.3 is 0 Å². The lowest BCUT2D eigenvalue weighted by Gasteiger charge is -2.23. The van der Waals surface area contributed by atoms with E-state index in [4.69, 9.17) is 0 Å². The number of nitrogens with zero attached hydrogens (tertiary/aromatic N) is 1. The van der Waals surface area contributed by atoms with Gasteiger partial charge in [-0.2, -0.15) is 0 Å². The second-order valence-corrected chi connectivity index (χ2v) is 5.62. The zero-order valence-corrected chi connectivity index (χ0v) is 10.4. The highest BCUT2D eigenvalue weighted by atomic mass is 15.1. The molecule has 1 nitrogen and oxygen atoms in total. The van der Waals surface area contributed by atoms with Crippen molar-refractivity contribution >= 4 is 0 Å². The maximum absolute atomic E-state index is 2.75. The average molecular weight is 209 g/mol. The van der Waals surface area contributed by atoms with Crippen molar-refractivity contribution in [2.45, 2.75) is 58.3 Å². The molecule has 1 aliphatic heterocycles. The Kier molecular flexibility index (Phi) is 4.49. The molecule has 0 aromatic carbocycles. The Morgan fingerprint density at radius 3 is 2.20 bits per heavy atom. The molecule has 88 valence electrons. The van der Waals surface area contributed by atoms with Gasteiger partial charge in [-0.3, -0.25) is 0 Å². The Morgan fingerprint density at radius 2 is 1.60 bits per heavy atom. The monoisotopic (exact) mass is 209 g/mol. The first-order valence-electron chi connectivity index (χ1n) is 7.12. The average Bonchev–Trinajstić information content (AvgIpc) is 2.67. The summed E-state index contributed by atoms with van der Waals surface area (Å²) in [4.78, 5) is 2.75. The predicted molar refractivity (Wildman–Crippen MR) is 66.0 cm³/mol. The maximum Gasteiger partial charge on any atom is 0.00129 e. The van der Waals surface area contributed by atoms with Gasteiger partial charge in [0.1, 0.15) is 0 Å². The van der Waals surface area contributed by atoms with E-state index in [1.54, 1.807) is 0 Å². The van der Waals surface area contributed by atoms with Crippen molar-refractivity contribution in [1.29, 1.82) is 0 Å². The van der Waals surface area contributed by atoms with Gasteiger partial charge in [0.2, 0.25) is 0 Å². The summed E-state index contributed by atoms with van der Waals surface area (Å²) in [6, 6.07) is 0. The van der Waals surface area contributed by atoms with Crippen LogP contribution in [0, 0.1) is 11.8 Å². The van der Waals surface area contributed by atoms with Gasteiger partial charge in [-0.05, 0) is 37.6 Å². The highest BCUT2D eigenvalue weighted by Crippen LogP contribution is 2.35. The van der Waals surface area contributed by atoms with E-state index in [0.29, 0.717) is 0 Å². The Hall–Kier alpha value is -0.0400. The second-order valence-electron chi connectivity index (χ2n) is 5.62. The molecule has 1 heterocycles. The molecule has 0 radical (unpaired) electrons. The molecular formula is C14H27N. The molecule has 0 unspecified atom stereocenters. The van der Waals surface area contributed by atoms with Crippen molar-refractivity contribution in [2.24, 2.45) is 11.8 Å². The topological polar surface area (TPSA) is 3.24 Å². The summed E-state index contributed by atoms with van der Waals surface area (Å²) in [5.74, 6) is 2.15. The SMILES string of the molecule is CCCCCCN1C[C@H]2CCCC[C@H]2C1. The molecule has 0 spiro atoms. The van der Waals surface area contributed by atoms with Gasteiger partial charge < -0.3 is 4.90 Å². The fourth-order valence-corrected chi connectivity index (χ4v) is 3.45.